The molecule has 3 saturated heterocycles. The number of nitrogens with zero attached hydrogens (tertiary/aromatic N) is 1. The van der Waals surface area contributed by atoms with Gasteiger partial charge in [-0.1, -0.05) is 44.2 Å². The van der Waals surface area contributed by atoms with Crippen LogP contribution in [0.1, 0.15) is 25.8 Å². The van der Waals surface area contributed by atoms with Crippen molar-refractivity contribution in [1.82, 2.24) is 9.62 Å². The number of aliphatic hydroxyl groups is 4. The van der Waals surface area contributed by atoms with Gasteiger partial charge in [0, 0.05) is 19.2 Å². The van der Waals surface area contributed by atoms with Gasteiger partial charge in [0.2, 0.25) is 16.3 Å². The lowest BCUT2D eigenvalue weighted by molar-refractivity contribution is -0.271. The Balaban J connectivity index is 1.35. The van der Waals surface area contributed by atoms with E-state index in [1.165, 1.54) is 12.1 Å². The number of carboxylic acids is 1. The van der Waals surface area contributed by atoms with E-state index in [0.29, 0.717) is 13.0 Å². The lowest BCUT2D eigenvalue weighted by Gasteiger charge is -2.38. The van der Waals surface area contributed by atoms with Crippen LogP contribution >= 0.6 is 0 Å². The molecule has 8 N–H and O–H groups in total. The monoisotopic (exact) mass is 739 g/mol. The number of carbonyl (C=O) groups is 2. The first-order valence-corrected chi connectivity index (χ1v) is 18.0. The lowest BCUT2D eigenvalue weighted by atomic mass is 9.99. The number of carbonyl (C=O) groups excluding carboxylic acids is 1. The Morgan fingerprint density at radius 3 is 2.45 bits per heavy atom. The van der Waals surface area contributed by atoms with E-state index < -0.39 is 83.9 Å². The number of nitrogen functional groups attached to an aromatic ring is 1. The van der Waals surface area contributed by atoms with E-state index >= 15 is 0 Å². The predicted octanol–water partition coefficient (Wildman–Crippen LogP) is -0.354. The molecule has 0 aliphatic carbocycles. The molecule has 3 heterocycles. The van der Waals surface area contributed by atoms with E-state index in [1.807, 2.05) is 18.2 Å². The van der Waals surface area contributed by atoms with Crippen molar-refractivity contribution in [3.05, 3.63) is 54.1 Å². The number of nitrogens with two attached hydrogens (primary N) is 1. The number of hydrogen-bond acceptors (Lipinski definition) is 14. The van der Waals surface area contributed by atoms with E-state index in [-0.39, 0.29) is 47.7 Å². The van der Waals surface area contributed by atoms with Gasteiger partial charge in [0.15, 0.2) is 12.4 Å². The second-order valence-electron chi connectivity index (χ2n) is 13.2. The molecule has 2 aromatic carbocycles. The number of aliphatic carboxylic acids is 1. The first-order chi connectivity index (χ1) is 24.1. The van der Waals surface area contributed by atoms with Crippen molar-refractivity contribution in [2.24, 2.45) is 11.8 Å². The highest BCUT2D eigenvalue weighted by Crippen LogP contribution is 2.34. The number of anilines is 1. The van der Waals surface area contributed by atoms with Gasteiger partial charge < -0.3 is 60.3 Å². The fourth-order valence-corrected chi connectivity index (χ4v) is 7.87. The van der Waals surface area contributed by atoms with Crippen molar-refractivity contribution in [3.63, 3.8) is 0 Å². The Hall–Kier alpha value is -3.59. The zero-order valence-corrected chi connectivity index (χ0v) is 28.9. The number of nitrogens with one attached hydrogen (secondary N) is 1. The van der Waals surface area contributed by atoms with Crippen molar-refractivity contribution in [2.75, 3.05) is 32.0 Å². The fourth-order valence-electron chi connectivity index (χ4n) is 6.24. The summed E-state index contributed by atoms with van der Waals surface area (Å²) < 4.78 is 56.8. The topological polar surface area (TPSA) is 257 Å². The Morgan fingerprint density at radius 1 is 1.04 bits per heavy atom. The summed E-state index contributed by atoms with van der Waals surface area (Å²) in [5.74, 6) is -2.28. The van der Waals surface area contributed by atoms with E-state index in [2.05, 4.69) is 5.32 Å². The Kier molecular flexibility index (Phi) is 12.4. The van der Waals surface area contributed by atoms with E-state index in [1.54, 1.807) is 26.0 Å². The second-order valence-corrected chi connectivity index (χ2v) is 15.2. The summed E-state index contributed by atoms with van der Waals surface area (Å²) in [6, 6.07) is 11.5. The maximum atomic E-state index is 14.1. The maximum absolute atomic E-state index is 14.1. The second kappa shape index (κ2) is 16.4. The van der Waals surface area contributed by atoms with Crippen LogP contribution in [-0.2, 0) is 40.2 Å². The third kappa shape index (κ3) is 9.08. The number of alkyl carbamates (subject to hydrolysis) is 1. The lowest BCUT2D eigenvalue weighted by Crippen LogP contribution is -2.61. The third-order valence-corrected chi connectivity index (χ3v) is 10.8. The molecule has 2 aromatic rings. The molecule has 5 rings (SSSR count). The van der Waals surface area contributed by atoms with Crippen molar-refractivity contribution >= 4 is 27.8 Å². The summed E-state index contributed by atoms with van der Waals surface area (Å²) in [5.41, 5.74) is 6.69. The van der Waals surface area contributed by atoms with Gasteiger partial charge in [0.1, 0.15) is 30.2 Å². The number of rotatable bonds is 14. The number of benzene rings is 2. The molecule has 0 bridgehead atoms. The van der Waals surface area contributed by atoms with E-state index in [9.17, 15) is 43.5 Å². The van der Waals surface area contributed by atoms with Crippen molar-refractivity contribution in [3.8, 4) is 5.75 Å². The van der Waals surface area contributed by atoms with Crippen LogP contribution in [-0.4, -0.2) is 132 Å². The first kappa shape index (κ1) is 38.6. The van der Waals surface area contributed by atoms with E-state index in [0.717, 1.165) is 15.9 Å². The molecular formula is C33H45N3O14S. The molecule has 3 aliphatic heterocycles. The SMILES string of the molecule is CC(C)CN(C[C@@H](O)[C@H](Cc1ccccc1)NC(=O)O[C@H]1CO[C@H]2OCC[C@H]21)S(=O)(=O)c1ccc(N)c(OC2OC(C(=O)O)C(O)C(O)C2O)c1. The Morgan fingerprint density at radius 2 is 1.76 bits per heavy atom. The number of amides is 1. The molecule has 3 fully saturated rings. The number of carboxylic acid groups (broad SMARTS) is 1. The molecular weight excluding hydrogens is 694 g/mol. The number of sulfonamides is 1. The maximum Gasteiger partial charge on any atom is 0.407 e. The predicted molar refractivity (Wildman–Crippen MR) is 177 cm³/mol. The molecule has 51 heavy (non-hydrogen) atoms. The Labute approximate surface area is 294 Å². The van der Waals surface area contributed by atoms with E-state index in [4.69, 9.17) is 29.4 Å². The van der Waals surface area contributed by atoms with Gasteiger partial charge in [-0.3, -0.25) is 0 Å². The summed E-state index contributed by atoms with van der Waals surface area (Å²) in [5, 5.41) is 54.3. The van der Waals surface area contributed by atoms with Crippen LogP contribution in [0, 0.1) is 11.8 Å². The highest BCUT2D eigenvalue weighted by molar-refractivity contribution is 7.89. The molecule has 0 saturated carbocycles. The Bertz CT molecular complexity index is 1610. The van der Waals surface area contributed by atoms with Crippen molar-refractivity contribution in [1.29, 1.82) is 0 Å². The van der Waals surface area contributed by atoms with Gasteiger partial charge in [-0.2, -0.15) is 4.31 Å². The number of fused-ring (bicyclic) bond motifs is 1. The fraction of sp³-hybridized carbons (Fsp3) is 0.576. The molecule has 17 nitrogen and oxygen atoms in total. The smallest absolute Gasteiger partial charge is 0.407 e. The van der Waals surface area contributed by atoms with Crippen LogP contribution in [0.5, 0.6) is 5.75 Å². The van der Waals surface area contributed by atoms with Crippen LogP contribution in [0.2, 0.25) is 0 Å². The van der Waals surface area contributed by atoms with Crippen molar-refractivity contribution < 1.29 is 67.2 Å². The van der Waals surface area contributed by atoms with Crippen LogP contribution in [0.15, 0.2) is 53.4 Å². The summed E-state index contributed by atoms with van der Waals surface area (Å²) in [6.07, 6.45) is -12.1. The minimum absolute atomic E-state index is 0.0419. The van der Waals surface area contributed by atoms with Gasteiger partial charge in [-0.05, 0) is 36.5 Å². The third-order valence-electron chi connectivity index (χ3n) is 8.95. The van der Waals surface area contributed by atoms with Crippen LogP contribution in [0.3, 0.4) is 0 Å². The largest absolute Gasteiger partial charge is 0.479 e. The molecule has 282 valence electrons. The quantitative estimate of drug-likeness (QED) is 0.122. The summed E-state index contributed by atoms with van der Waals surface area (Å²) in [4.78, 5) is 24.3. The summed E-state index contributed by atoms with van der Waals surface area (Å²) in [6.45, 7) is 3.74. The number of aliphatic hydroxyl groups excluding tert-OH is 4. The molecule has 0 aromatic heterocycles. The highest BCUT2D eigenvalue weighted by atomic mass is 32.2. The molecule has 1 amide bonds. The van der Waals surface area contributed by atoms with Crippen LogP contribution in [0.25, 0.3) is 0 Å². The standard InChI is InChI=1S/C33H45N3O14S/c1-17(2)14-36(51(44,45)19-8-9-21(34)24(13-19)48-32-28(40)26(38)27(39)29(50-32)30(41)42)15-23(37)22(12-18-6-4-3-5-7-18)35-33(43)49-25-16-47-31-20(25)10-11-46-31/h3-9,13,17,20,22-23,25-29,31-32,37-40H,10-12,14-16,34H2,1-2H3,(H,35,43)(H,41,42)/t20-,22-,23+,25-,26?,27?,28?,29?,31+,32?/m0/s1. The first-order valence-electron chi connectivity index (χ1n) is 16.6. The zero-order valence-electron chi connectivity index (χ0n) is 28.1. The highest BCUT2D eigenvalue weighted by Gasteiger charge is 2.48. The molecule has 0 spiro atoms. The van der Waals surface area contributed by atoms with Gasteiger partial charge in [0.05, 0.1) is 41.9 Å². The van der Waals surface area contributed by atoms with Gasteiger partial charge in [0.25, 0.3) is 0 Å². The van der Waals surface area contributed by atoms with Gasteiger partial charge >= 0.3 is 12.1 Å². The number of ether oxygens (including phenoxy) is 5. The summed E-state index contributed by atoms with van der Waals surface area (Å²) >= 11 is 0. The molecule has 0 radical (unpaired) electrons. The van der Waals surface area contributed by atoms with Gasteiger partial charge in [-0.15, -0.1) is 0 Å². The molecule has 10 atom stereocenters. The normalized spacial score (nSPS) is 29.0. The molecule has 5 unspecified atom stereocenters. The average Bonchev–Trinajstić information content (AvgIpc) is 3.70. The average molecular weight is 740 g/mol. The minimum atomic E-state index is -4.42. The zero-order chi connectivity index (χ0) is 37.0. The molecule has 18 heteroatoms. The van der Waals surface area contributed by atoms with Crippen LogP contribution in [0.4, 0.5) is 10.5 Å². The molecule has 3 aliphatic rings. The van der Waals surface area contributed by atoms with Crippen LogP contribution < -0.4 is 15.8 Å². The minimum Gasteiger partial charge on any atom is -0.479 e. The summed E-state index contributed by atoms with van der Waals surface area (Å²) in [7, 11) is -4.42. The van der Waals surface area contributed by atoms with Crippen molar-refractivity contribution in [2.45, 2.75) is 86.8 Å². The van der Waals surface area contributed by atoms with Gasteiger partial charge in [-0.25, -0.2) is 18.0 Å². The number of hydrogen-bond donors (Lipinski definition) is 7.